The minimum absolute atomic E-state index is 0.457. The van der Waals surface area contributed by atoms with Gasteiger partial charge >= 0.3 is 0 Å². The Kier molecular flexibility index (Phi) is 7.22. The Morgan fingerprint density at radius 3 is 1.59 bits per heavy atom. The molecule has 4 heteroatoms. The van der Waals surface area contributed by atoms with Gasteiger partial charge in [-0.15, -0.1) is 0 Å². The fourth-order valence-electron chi connectivity index (χ4n) is 8.29. The summed E-state index contributed by atoms with van der Waals surface area (Å²) in [6.45, 7) is 0. The third-order valence-corrected chi connectivity index (χ3v) is 10.6. The van der Waals surface area contributed by atoms with Crippen LogP contribution < -0.4 is 0 Å². The molecule has 0 aliphatic rings. The van der Waals surface area contributed by atoms with Crippen LogP contribution in [0.1, 0.15) is 11.1 Å². The second-order valence-electron chi connectivity index (χ2n) is 13.5. The van der Waals surface area contributed by atoms with Crippen molar-refractivity contribution in [2.45, 2.75) is 0 Å². The first kappa shape index (κ1) is 31.1. The van der Waals surface area contributed by atoms with E-state index in [0.29, 0.717) is 11.1 Å². The van der Waals surface area contributed by atoms with Crippen molar-refractivity contribution in [1.29, 1.82) is 10.5 Å². The van der Waals surface area contributed by atoms with Crippen LogP contribution in [0.15, 0.2) is 182 Å². The second kappa shape index (κ2) is 12.5. The smallest absolute Gasteiger partial charge is 0.0998 e. The van der Waals surface area contributed by atoms with Gasteiger partial charge in [0.05, 0.1) is 45.3 Å². The lowest BCUT2D eigenvalue weighted by Crippen LogP contribution is -2.00. The number of benzene rings is 8. The first-order valence-electron chi connectivity index (χ1n) is 18.0. The first-order chi connectivity index (χ1) is 26.7. The Morgan fingerprint density at radius 1 is 0.389 bits per heavy atom. The highest BCUT2D eigenvalue weighted by Crippen LogP contribution is 2.46. The SMILES string of the molecule is N#Cc1ccc(-c2c(-c3ccccc3)cc(-n3c4ccccc4c4ccc5c(c6ccccc6n5-c5ccccc5)c43)cc2-c2ccccc2)c(C#N)c1. The van der Waals surface area contributed by atoms with Crippen LogP contribution in [-0.2, 0) is 0 Å². The van der Waals surface area contributed by atoms with Gasteiger partial charge in [0.2, 0.25) is 0 Å². The Balaban J connectivity index is 1.40. The van der Waals surface area contributed by atoms with Gasteiger partial charge in [0, 0.05) is 38.5 Å². The average Bonchev–Trinajstić information content (AvgIpc) is 3.77. The molecule has 10 aromatic rings. The van der Waals surface area contributed by atoms with Crippen molar-refractivity contribution in [3.8, 4) is 56.9 Å². The van der Waals surface area contributed by atoms with Crippen molar-refractivity contribution in [1.82, 2.24) is 9.13 Å². The molecule has 0 saturated carbocycles. The lowest BCUT2D eigenvalue weighted by molar-refractivity contribution is 1.17. The summed E-state index contributed by atoms with van der Waals surface area (Å²) in [7, 11) is 0. The van der Waals surface area contributed by atoms with Gasteiger partial charge < -0.3 is 9.13 Å². The monoisotopic (exact) mass is 686 g/mol. The van der Waals surface area contributed by atoms with Gasteiger partial charge in [-0.05, 0) is 82.4 Å². The van der Waals surface area contributed by atoms with Gasteiger partial charge in [0.15, 0.2) is 0 Å². The third-order valence-electron chi connectivity index (χ3n) is 10.6. The number of aromatic nitrogens is 2. The highest BCUT2D eigenvalue weighted by Gasteiger charge is 2.24. The van der Waals surface area contributed by atoms with Crippen LogP contribution in [-0.4, -0.2) is 9.13 Å². The first-order valence-corrected chi connectivity index (χ1v) is 18.0. The lowest BCUT2D eigenvalue weighted by atomic mass is 9.85. The molecule has 8 aromatic carbocycles. The second-order valence-corrected chi connectivity index (χ2v) is 13.5. The number of nitriles is 2. The zero-order valence-electron chi connectivity index (χ0n) is 29.1. The molecular formula is C50H30N4. The van der Waals surface area contributed by atoms with Gasteiger partial charge in [-0.25, -0.2) is 0 Å². The van der Waals surface area contributed by atoms with E-state index in [-0.39, 0.29) is 0 Å². The summed E-state index contributed by atoms with van der Waals surface area (Å²) in [6, 6.07) is 67.9. The summed E-state index contributed by atoms with van der Waals surface area (Å²) >= 11 is 0. The predicted molar refractivity (Wildman–Crippen MR) is 221 cm³/mol. The minimum Gasteiger partial charge on any atom is -0.309 e. The molecule has 0 atom stereocenters. The van der Waals surface area contributed by atoms with E-state index < -0.39 is 0 Å². The average molecular weight is 687 g/mol. The number of para-hydroxylation sites is 3. The van der Waals surface area contributed by atoms with Crippen molar-refractivity contribution in [3.05, 3.63) is 193 Å². The minimum atomic E-state index is 0.457. The zero-order chi connectivity index (χ0) is 36.2. The topological polar surface area (TPSA) is 57.4 Å². The van der Waals surface area contributed by atoms with Gasteiger partial charge in [0.1, 0.15) is 0 Å². The van der Waals surface area contributed by atoms with Crippen molar-refractivity contribution >= 4 is 43.6 Å². The number of rotatable bonds is 5. The van der Waals surface area contributed by atoms with E-state index in [1.807, 2.05) is 18.2 Å². The predicted octanol–water partition coefficient (Wildman–Crippen LogP) is 12.6. The van der Waals surface area contributed by atoms with E-state index in [2.05, 4.69) is 173 Å². The highest BCUT2D eigenvalue weighted by atomic mass is 15.0. The van der Waals surface area contributed by atoms with E-state index in [9.17, 15) is 10.5 Å². The molecule has 0 radical (unpaired) electrons. The molecule has 0 aliphatic heterocycles. The van der Waals surface area contributed by atoms with Gasteiger partial charge in [-0.3, -0.25) is 0 Å². The molecule has 0 N–H and O–H groups in total. The van der Waals surface area contributed by atoms with Crippen molar-refractivity contribution < 1.29 is 0 Å². The Morgan fingerprint density at radius 2 is 0.963 bits per heavy atom. The van der Waals surface area contributed by atoms with Crippen LogP contribution in [0.25, 0.3) is 88.4 Å². The lowest BCUT2D eigenvalue weighted by Gasteiger charge is -2.21. The van der Waals surface area contributed by atoms with Crippen molar-refractivity contribution in [2.75, 3.05) is 0 Å². The van der Waals surface area contributed by atoms with Crippen LogP contribution in [0.2, 0.25) is 0 Å². The molecule has 0 aliphatic carbocycles. The Labute approximate surface area is 312 Å². The van der Waals surface area contributed by atoms with Gasteiger partial charge in [-0.1, -0.05) is 127 Å². The third kappa shape index (κ3) is 4.76. The Hall–Kier alpha value is -7.66. The zero-order valence-corrected chi connectivity index (χ0v) is 29.1. The number of hydrogen-bond donors (Lipinski definition) is 0. The standard InChI is InChI=1S/C50H30N4/c51-31-33-24-25-39(36(28-33)32-52)48-43(34-14-4-1-5-15-34)29-38(30-44(48)35-16-6-2-7-17-35)54-45-22-12-10-20-40(45)41-26-27-47-49(50(41)54)42-21-11-13-23-46(42)53(47)37-18-8-3-9-19-37/h1-30H. The van der Waals surface area contributed by atoms with Crippen molar-refractivity contribution in [2.24, 2.45) is 0 Å². The quantitative estimate of drug-likeness (QED) is 0.181. The maximum Gasteiger partial charge on any atom is 0.0998 e. The van der Waals surface area contributed by atoms with Crippen LogP contribution >= 0.6 is 0 Å². The maximum absolute atomic E-state index is 10.5. The van der Waals surface area contributed by atoms with Gasteiger partial charge in [-0.2, -0.15) is 10.5 Å². The summed E-state index contributed by atoms with van der Waals surface area (Å²) in [5.41, 5.74) is 13.4. The van der Waals surface area contributed by atoms with E-state index in [4.69, 9.17) is 0 Å². The fourth-order valence-corrected chi connectivity index (χ4v) is 8.29. The van der Waals surface area contributed by atoms with Crippen LogP contribution in [0, 0.1) is 22.7 Å². The highest BCUT2D eigenvalue weighted by molar-refractivity contribution is 6.26. The number of fused-ring (bicyclic) bond motifs is 7. The molecule has 0 fully saturated rings. The molecule has 0 unspecified atom stereocenters. The molecule has 10 rings (SSSR count). The molecule has 4 nitrogen and oxygen atoms in total. The Bertz CT molecular complexity index is 3100. The summed E-state index contributed by atoms with van der Waals surface area (Å²) in [6.07, 6.45) is 0. The van der Waals surface area contributed by atoms with Crippen LogP contribution in [0.5, 0.6) is 0 Å². The molecule has 250 valence electrons. The van der Waals surface area contributed by atoms with Crippen molar-refractivity contribution in [3.63, 3.8) is 0 Å². The number of hydrogen-bond acceptors (Lipinski definition) is 2. The molecule has 2 heterocycles. The normalized spacial score (nSPS) is 11.3. The number of nitrogens with zero attached hydrogens (tertiary/aromatic N) is 4. The molecule has 2 aromatic heterocycles. The molecule has 0 saturated heterocycles. The molecule has 0 bridgehead atoms. The molecule has 0 amide bonds. The molecule has 54 heavy (non-hydrogen) atoms. The summed E-state index contributed by atoms with van der Waals surface area (Å²) in [5.74, 6) is 0. The van der Waals surface area contributed by atoms with E-state index in [0.717, 1.165) is 66.8 Å². The van der Waals surface area contributed by atoms with E-state index in [1.165, 1.54) is 21.5 Å². The fraction of sp³-hybridized carbons (Fsp3) is 0. The summed E-state index contributed by atoms with van der Waals surface area (Å²) in [5, 5.41) is 24.9. The van der Waals surface area contributed by atoms with E-state index >= 15 is 0 Å². The molecule has 0 spiro atoms. The van der Waals surface area contributed by atoms with Gasteiger partial charge in [0.25, 0.3) is 0 Å². The van der Waals surface area contributed by atoms with Crippen LogP contribution in [0.4, 0.5) is 0 Å². The van der Waals surface area contributed by atoms with Crippen LogP contribution in [0.3, 0.4) is 0 Å². The van der Waals surface area contributed by atoms with E-state index in [1.54, 1.807) is 12.1 Å². The maximum atomic E-state index is 10.5. The largest absolute Gasteiger partial charge is 0.309 e. The summed E-state index contributed by atoms with van der Waals surface area (Å²) in [4.78, 5) is 0. The molecular weight excluding hydrogens is 657 g/mol. The summed E-state index contributed by atoms with van der Waals surface area (Å²) < 4.78 is 4.80.